The number of nitrogens with two attached hydrogens (primary N) is 1. The van der Waals surface area contributed by atoms with Gasteiger partial charge in [0, 0.05) is 0 Å². The van der Waals surface area contributed by atoms with Crippen molar-refractivity contribution in [2.45, 2.75) is 39.2 Å². The Hall–Kier alpha value is -0.570. The summed E-state index contributed by atoms with van der Waals surface area (Å²) in [6.45, 7) is 5.60. The first-order valence-electron chi connectivity index (χ1n) is 3.92. The fourth-order valence-corrected chi connectivity index (χ4v) is 0.956. The Labute approximate surface area is 67.6 Å². The first-order valence-corrected chi connectivity index (χ1v) is 3.92. The topological polar surface area (TPSA) is 63.3 Å². The number of hydrogen-bond donors (Lipinski definition) is 2. The van der Waals surface area contributed by atoms with Crippen LogP contribution in [-0.4, -0.2) is 16.6 Å². The third-order valence-electron chi connectivity index (χ3n) is 1.96. The zero-order valence-electron chi connectivity index (χ0n) is 7.42. The van der Waals surface area contributed by atoms with Gasteiger partial charge in [-0.05, 0) is 19.3 Å². The summed E-state index contributed by atoms with van der Waals surface area (Å²) >= 11 is 0. The van der Waals surface area contributed by atoms with Gasteiger partial charge in [-0.25, -0.2) is 0 Å². The molecule has 0 bridgehead atoms. The zero-order valence-corrected chi connectivity index (χ0v) is 7.42. The molecule has 0 fully saturated rings. The molecule has 0 amide bonds. The van der Waals surface area contributed by atoms with Crippen molar-refractivity contribution in [3.8, 4) is 0 Å². The average molecular weight is 159 g/mol. The summed E-state index contributed by atoms with van der Waals surface area (Å²) in [4.78, 5) is 10.5. The summed E-state index contributed by atoms with van der Waals surface area (Å²) in [5.74, 6) is -0.543. The van der Waals surface area contributed by atoms with E-state index in [1.165, 1.54) is 0 Å². The van der Waals surface area contributed by atoms with E-state index in [0.29, 0.717) is 12.3 Å². The fourth-order valence-electron chi connectivity index (χ4n) is 0.956. The van der Waals surface area contributed by atoms with Crippen LogP contribution in [-0.2, 0) is 4.79 Å². The highest BCUT2D eigenvalue weighted by Gasteiger charge is 2.28. The second-order valence-corrected chi connectivity index (χ2v) is 3.44. The van der Waals surface area contributed by atoms with Crippen molar-refractivity contribution in [3.63, 3.8) is 0 Å². The minimum atomic E-state index is -1.06. The molecule has 0 aromatic rings. The third-order valence-corrected chi connectivity index (χ3v) is 1.96. The summed E-state index contributed by atoms with van der Waals surface area (Å²) in [5, 5.41) is 8.66. The zero-order chi connectivity index (χ0) is 9.07. The van der Waals surface area contributed by atoms with Gasteiger partial charge in [0.05, 0.1) is 0 Å². The predicted molar refractivity (Wildman–Crippen MR) is 44.3 cm³/mol. The Morgan fingerprint density at radius 3 is 2.45 bits per heavy atom. The molecule has 11 heavy (non-hydrogen) atoms. The van der Waals surface area contributed by atoms with E-state index in [-0.39, 0.29) is 0 Å². The van der Waals surface area contributed by atoms with Crippen molar-refractivity contribution in [3.05, 3.63) is 0 Å². The van der Waals surface area contributed by atoms with Gasteiger partial charge in [-0.2, -0.15) is 0 Å². The lowest BCUT2D eigenvalue weighted by Crippen LogP contribution is -2.46. The number of aliphatic carboxylic acids is 1. The van der Waals surface area contributed by atoms with Crippen LogP contribution in [0, 0.1) is 5.92 Å². The van der Waals surface area contributed by atoms with Gasteiger partial charge in [0.2, 0.25) is 0 Å². The standard InChI is InChI=1S/C8H17NO2/c1-4-6(2)5-8(3,9)7(10)11/h6H,4-5,9H2,1-3H3,(H,10,11)/t6?,8-/m0/s1. The first kappa shape index (κ1) is 10.4. The summed E-state index contributed by atoms with van der Waals surface area (Å²) < 4.78 is 0. The van der Waals surface area contributed by atoms with Crippen molar-refractivity contribution in [1.82, 2.24) is 0 Å². The van der Waals surface area contributed by atoms with Crippen molar-refractivity contribution >= 4 is 5.97 Å². The lowest BCUT2D eigenvalue weighted by Gasteiger charge is -2.22. The molecule has 0 rings (SSSR count). The summed E-state index contributed by atoms with van der Waals surface area (Å²) in [5.41, 5.74) is 4.48. The van der Waals surface area contributed by atoms with Crippen molar-refractivity contribution in [2.24, 2.45) is 11.7 Å². The van der Waals surface area contributed by atoms with Crippen LogP contribution in [0.1, 0.15) is 33.6 Å². The minimum Gasteiger partial charge on any atom is -0.480 e. The largest absolute Gasteiger partial charge is 0.480 e. The maximum Gasteiger partial charge on any atom is 0.323 e. The monoisotopic (exact) mass is 159 g/mol. The number of hydrogen-bond acceptors (Lipinski definition) is 2. The molecule has 0 saturated heterocycles. The Bertz CT molecular complexity index is 143. The number of carbonyl (C=O) groups is 1. The van der Waals surface area contributed by atoms with E-state index >= 15 is 0 Å². The van der Waals surface area contributed by atoms with Gasteiger partial charge in [-0.15, -0.1) is 0 Å². The lowest BCUT2D eigenvalue weighted by atomic mass is 9.90. The van der Waals surface area contributed by atoms with Gasteiger partial charge in [-0.1, -0.05) is 20.3 Å². The predicted octanol–water partition coefficient (Wildman–Crippen LogP) is 1.22. The average Bonchev–Trinajstić information content (AvgIpc) is 1.86. The highest BCUT2D eigenvalue weighted by atomic mass is 16.4. The number of carboxylic acid groups (broad SMARTS) is 1. The van der Waals surface area contributed by atoms with Crippen LogP contribution >= 0.6 is 0 Å². The second kappa shape index (κ2) is 3.72. The van der Waals surface area contributed by atoms with Gasteiger partial charge in [0.1, 0.15) is 5.54 Å². The SMILES string of the molecule is CCC(C)C[C@](C)(N)C(=O)O. The fraction of sp³-hybridized carbons (Fsp3) is 0.875. The van der Waals surface area contributed by atoms with Crippen molar-refractivity contribution in [1.29, 1.82) is 0 Å². The molecule has 0 heterocycles. The summed E-state index contributed by atoms with van der Waals surface area (Å²) in [7, 11) is 0. The van der Waals surface area contributed by atoms with E-state index in [1.807, 2.05) is 13.8 Å². The molecule has 0 aliphatic heterocycles. The molecular weight excluding hydrogens is 142 g/mol. The minimum absolute atomic E-state index is 0.376. The Morgan fingerprint density at radius 2 is 2.18 bits per heavy atom. The van der Waals surface area contributed by atoms with Crippen LogP contribution in [0.4, 0.5) is 0 Å². The van der Waals surface area contributed by atoms with Gasteiger partial charge >= 0.3 is 5.97 Å². The smallest absolute Gasteiger partial charge is 0.323 e. The molecule has 0 aromatic heterocycles. The molecule has 2 atom stereocenters. The van der Waals surface area contributed by atoms with Crippen LogP contribution in [0.5, 0.6) is 0 Å². The molecule has 0 aliphatic rings. The Morgan fingerprint density at radius 1 is 1.73 bits per heavy atom. The molecule has 0 aromatic carbocycles. The molecule has 0 aliphatic carbocycles. The van der Waals surface area contributed by atoms with Crippen LogP contribution in [0.15, 0.2) is 0 Å². The molecular formula is C8H17NO2. The summed E-state index contributed by atoms with van der Waals surface area (Å²) in [6.07, 6.45) is 1.51. The van der Waals surface area contributed by atoms with E-state index in [0.717, 1.165) is 6.42 Å². The molecule has 0 saturated carbocycles. The lowest BCUT2D eigenvalue weighted by molar-refractivity contribution is -0.143. The van der Waals surface area contributed by atoms with Gasteiger partial charge in [-0.3, -0.25) is 4.79 Å². The van der Waals surface area contributed by atoms with Gasteiger partial charge in [0.25, 0.3) is 0 Å². The van der Waals surface area contributed by atoms with Crippen LogP contribution in [0.3, 0.4) is 0 Å². The van der Waals surface area contributed by atoms with Crippen LogP contribution < -0.4 is 5.73 Å². The van der Waals surface area contributed by atoms with Crippen LogP contribution in [0.2, 0.25) is 0 Å². The maximum atomic E-state index is 10.5. The molecule has 3 N–H and O–H groups in total. The maximum absolute atomic E-state index is 10.5. The molecule has 1 unspecified atom stereocenters. The normalized spacial score (nSPS) is 18.9. The highest BCUT2D eigenvalue weighted by Crippen LogP contribution is 2.16. The van der Waals surface area contributed by atoms with Gasteiger partial charge in [0.15, 0.2) is 0 Å². The van der Waals surface area contributed by atoms with E-state index in [2.05, 4.69) is 0 Å². The third kappa shape index (κ3) is 3.37. The molecule has 3 heteroatoms. The quantitative estimate of drug-likeness (QED) is 0.648. The molecule has 0 spiro atoms. The van der Waals surface area contributed by atoms with E-state index in [1.54, 1.807) is 6.92 Å². The first-order chi connectivity index (χ1) is 4.90. The molecule has 66 valence electrons. The van der Waals surface area contributed by atoms with E-state index < -0.39 is 11.5 Å². The highest BCUT2D eigenvalue weighted by molar-refractivity contribution is 5.77. The Balaban J connectivity index is 4.01. The van der Waals surface area contributed by atoms with Crippen LogP contribution in [0.25, 0.3) is 0 Å². The van der Waals surface area contributed by atoms with Gasteiger partial charge < -0.3 is 10.8 Å². The molecule has 3 nitrogen and oxygen atoms in total. The van der Waals surface area contributed by atoms with E-state index in [9.17, 15) is 4.79 Å². The van der Waals surface area contributed by atoms with Crippen molar-refractivity contribution < 1.29 is 9.90 Å². The number of rotatable bonds is 4. The Kier molecular flexibility index (Phi) is 3.52. The molecule has 0 radical (unpaired) electrons. The van der Waals surface area contributed by atoms with Crippen molar-refractivity contribution in [2.75, 3.05) is 0 Å². The van der Waals surface area contributed by atoms with E-state index in [4.69, 9.17) is 10.8 Å². The summed E-state index contributed by atoms with van der Waals surface area (Å²) in [6, 6.07) is 0. The number of carboxylic acids is 1. The second-order valence-electron chi connectivity index (χ2n) is 3.44.